The second-order valence-corrected chi connectivity index (χ2v) is 4.94. The predicted octanol–water partition coefficient (Wildman–Crippen LogP) is 1.75. The van der Waals surface area contributed by atoms with Crippen molar-refractivity contribution in [3.8, 4) is 0 Å². The van der Waals surface area contributed by atoms with Gasteiger partial charge < -0.3 is 5.11 Å². The number of nitrogens with zero attached hydrogens (tertiary/aromatic N) is 2. The van der Waals surface area contributed by atoms with Crippen molar-refractivity contribution in [1.29, 1.82) is 0 Å². The number of aromatic nitrogens is 1. The summed E-state index contributed by atoms with van der Waals surface area (Å²) < 4.78 is 0.959. The lowest BCUT2D eigenvalue weighted by Crippen LogP contribution is -2.23. The Kier molecular flexibility index (Phi) is 3.56. The van der Waals surface area contributed by atoms with Crippen molar-refractivity contribution < 1.29 is 9.90 Å². The Morgan fingerprint density at radius 2 is 2.44 bits per heavy atom. The molecular formula is C11H13BrN2O2. The van der Waals surface area contributed by atoms with Gasteiger partial charge in [0, 0.05) is 23.8 Å². The van der Waals surface area contributed by atoms with Crippen molar-refractivity contribution in [2.24, 2.45) is 5.92 Å². The van der Waals surface area contributed by atoms with Crippen LogP contribution in [0.1, 0.15) is 12.1 Å². The number of carboxylic acids is 1. The first-order chi connectivity index (χ1) is 7.65. The van der Waals surface area contributed by atoms with Gasteiger partial charge in [-0.15, -0.1) is 0 Å². The standard InChI is InChI=1S/C11H13BrN2O2/c12-9-1-2-10(13-5-9)7-14-4-3-8(6-14)11(15)16/h1-2,5,8H,3-4,6-7H2,(H,15,16). The molecule has 1 fully saturated rings. The highest BCUT2D eigenvalue weighted by atomic mass is 79.9. The van der Waals surface area contributed by atoms with Crippen molar-refractivity contribution in [3.63, 3.8) is 0 Å². The molecule has 0 aliphatic carbocycles. The Morgan fingerprint density at radius 3 is 3.00 bits per heavy atom. The first-order valence-corrected chi connectivity index (χ1v) is 6.00. The molecule has 1 saturated heterocycles. The van der Waals surface area contributed by atoms with Crippen LogP contribution < -0.4 is 0 Å². The number of carbonyl (C=O) groups is 1. The van der Waals surface area contributed by atoms with Gasteiger partial charge in [0.15, 0.2) is 0 Å². The van der Waals surface area contributed by atoms with Gasteiger partial charge in [0.05, 0.1) is 11.6 Å². The molecular weight excluding hydrogens is 272 g/mol. The first-order valence-electron chi connectivity index (χ1n) is 5.21. The van der Waals surface area contributed by atoms with E-state index in [1.165, 1.54) is 0 Å². The lowest BCUT2D eigenvalue weighted by atomic mass is 10.1. The minimum absolute atomic E-state index is 0.213. The average molecular weight is 285 g/mol. The third kappa shape index (κ3) is 2.80. The summed E-state index contributed by atoms with van der Waals surface area (Å²) in [4.78, 5) is 17.2. The van der Waals surface area contributed by atoms with E-state index < -0.39 is 5.97 Å². The molecule has 5 heteroatoms. The van der Waals surface area contributed by atoms with Crippen LogP contribution in [0.2, 0.25) is 0 Å². The fourth-order valence-corrected chi connectivity index (χ4v) is 2.14. The molecule has 1 aromatic heterocycles. The molecule has 0 aromatic carbocycles. The maximum atomic E-state index is 10.8. The van der Waals surface area contributed by atoms with Gasteiger partial charge in [0.25, 0.3) is 0 Å². The smallest absolute Gasteiger partial charge is 0.307 e. The van der Waals surface area contributed by atoms with Crippen LogP contribution in [-0.4, -0.2) is 34.0 Å². The average Bonchev–Trinajstić information content (AvgIpc) is 2.70. The lowest BCUT2D eigenvalue weighted by Gasteiger charge is -2.14. The molecule has 86 valence electrons. The fourth-order valence-electron chi connectivity index (χ4n) is 1.91. The number of rotatable bonds is 3. The highest BCUT2D eigenvalue weighted by Crippen LogP contribution is 2.18. The van der Waals surface area contributed by atoms with Crippen LogP contribution in [0.4, 0.5) is 0 Å². The maximum absolute atomic E-state index is 10.8. The Balaban J connectivity index is 1.92. The van der Waals surface area contributed by atoms with E-state index in [0.717, 1.165) is 29.7 Å². The second kappa shape index (κ2) is 4.93. The van der Waals surface area contributed by atoms with Crippen LogP contribution in [0.25, 0.3) is 0 Å². The van der Waals surface area contributed by atoms with Gasteiger partial charge in [0.2, 0.25) is 0 Å². The zero-order valence-electron chi connectivity index (χ0n) is 8.77. The summed E-state index contributed by atoms with van der Waals surface area (Å²) in [5, 5.41) is 8.89. The van der Waals surface area contributed by atoms with Crippen LogP contribution in [0.3, 0.4) is 0 Å². The third-order valence-electron chi connectivity index (χ3n) is 2.80. The Labute approximate surface area is 102 Å². The van der Waals surface area contributed by atoms with Crippen molar-refractivity contribution in [2.45, 2.75) is 13.0 Å². The fraction of sp³-hybridized carbons (Fsp3) is 0.455. The quantitative estimate of drug-likeness (QED) is 0.919. The topological polar surface area (TPSA) is 53.4 Å². The van der Waals surface area contributed by atoms with Crippen LogP contribution in [0, 0.1) is 5.92 Å². The second-order valence-electron chi connectivity index (χ2n) is 4.03. The number of pyridine rings is 1. The lowest BCUT2D eigenvalue weighted by molar-refractivity contribution is -0.141. The van der Waals surface area contributed by atoms with Gasteiger partial charge in [0.1, 0.15) is 0 Å². The number of halogens is 1. The summed E-state index contributed by atoms with van der Waals surface area (Å²) in [6.07, 6.45) is 2.51. The molecule has 1 aliphatic rings. The summed E-state index contributed by atoms with van der Waals surface area (Å²) in [6.45, 7) is 2.21. The minimum Gasteiger partial charge on any atom is -0.481 e. The Morgan fingerprint density at radius 1 is 1.62 bits per heavy atom. The molecule has 0 amide bonds. The zero-order valence-corrected chi connectivity index (χ0v) is 10.4. The first kappa shape index (κ1) is 11.5. The summed E-state index contributed by atoms with van der Waals surface area (Å²) in [5.74, 6) is -0.901. The summed E-state index contributed by atoms with van der Waals surface area (Å²) in [5.41, 5.74) is 0.981. The SMILES string of the molecule is O=C(O)C1CCN(Cc2ccc(Br)cn2)C1. The highest BCUT2D eigenvalue weighted by molar-refractivity contribution is 9.10. The molecule has 1 aliphatic heterocycles. The number of hydrogen-bond acceptors (Lipinski definition) is 3. The molecule has 0 bridgehead atoms. The Hall–Kier alpha value is -0.940. The summed E-state index contributed by atoms with van der Waals surface area (Å²) >= 11 is 3.33. The summed E-state index contributed by atoms with van der Waals surface area (Å²) in [7, 11) is 0. The number of likely N-dealkylation sites (tertiary alicyclic amines) is 1. The maximum Gasteiger partial charge on any atom is 0.307 e. The van der Waals surface area contributed by atoms with Gasteiger partial charge >= 0.3 is 5.97 Å². The van der Waals surface area contributed by atoms with Crippen molar-refractivity contribution in [3.05, 3.63) is 28.5 Å². The molecule has 1 atom stereocenters. The van der Waals surface area contributed by atoms with E-state index in [4.69, 9.17) is 5.11 Å². The summed E-state index contributed by atoms with van der Waals surface area (Å²) in [6, 6.07) is 3.91. The molecule has 2 heterocycles. The van der Waals surface area contributed by atoms with E-state index >= 15 is 0 Å². The Bertz CT molecular complexity index is 380. The number of carboxylic acid groups (broad SMARTS) is 1. The molecule has 16 heavy (non-hydrogen) atoms. The zero-order chi connectivity index (χ0) is 11.5. The largest absolute Gasteiger partial charge is 0.481 e. The molecule has 1 unspecified atom stereocenters. The van der Waals surface area contributed by atoms with Gasteiger partial charge in [-0.1, -0.05) is 0 Å². The van der Waals surface area contributed by atoms with E-state index in [-0.39, 0.29) is 5.92 Å². The van der Waals surface area contributed by atoms with E-state index in [1.807, 2.05) is 12.1 Å². The molecule has 0 spiro atoms. The molecule has 4 nitrogen and oxygen atoms in total. The van der Waals surface area contributed by atoms with Gasteiger partial charge in [-0.25, -0.2) is 0 Å². The van der Waals surface area contributed by atoms with Crippen molar-refractivity contribution in [2.75, 3.05) is 13.1 Å². The molecule has 1 N–H and O–H groups in total. The van der Waals surface area contributed by atoms with Crippen molar-refractivity contribution >= 4 is 21.9 Å². The predicted molar refractivity (Wildman–Crippen MR) is 63.0 cm³/mol. The van der Waals surface area contributed by atoms with E-state index in [2.05, 4.69) is 25.8 Å². The molecule has 0 radical (unpaired) electrons. The monoisotopic (exact) mass is 284 g/mol. The van der Waals surface area contributed by atoms with Crippen LogP contribution >= 0.6 is 15.9 Å². The van der Waals surface area contributed by atoms with Crippen molar-refractivity contribution in [1.82, 2.24) is 9.88 Å². The number of hydrogen-bond donors (Lipinski definition) is 1. The van der Waals surface area contributed by atoms with Crippen LogP contribution in [0.15, 0.2) is 22.8 Å². The van der Waals surface area contributed by atoms with Gasteiger partial charge in [-0.2, -0.15) is 0 Å². The molecule has 2 rings (SSSR count). The van der Waals surface area contributed by atoms with Gasteiger partial charge in [-0.3, -0.25) is 14.7 Å². The molecule has 1 aromatic rings. The minimum atomic E-state index is -0.689. The van der Waals surface area contributed by atoms with Crippen LogP contribution in [-0.2, 0) is 11.3 Å². The molecule has 0 saturated carbocycles. The van der Waals surface area contributed by atoms with E-state index in [0.29, 0.717) is 6.54 Å². The van der Waals surface area contributed by atoms with E-state index in [9.17, 15) is 4.79 Å². The van der Waals surface area contributed by atoms with Crippen LogP contribution in [0.5, 0.6) is 0 Å². The normalized spacial score (nSPS) is 21.2. The van der Waals surface area contributed by atoms with Gasteiger partial charge in [-0.05, 0) is 41.0 Å². The third-order valence-corrected chi connectivity index (χ3v) is 3.26. The highest BCUT2D eigenvalue weighted by Gasteiger charge is 2.27. The number of aliphatic carboxylic acids is 1. The van der Waals surface area contributed by atoms with E-state index in [1.54, 1.807) is 6.20 Å².